The van der Waals surface area contributed by atoms with E-state index in [1.54, 1.807) is 17.0 Å². The Kier molecular flexibility index (Phi) is 4.48. The smallest absolute Gasteiger partial charge is 0.244 e. The quantitative estimate of drug-likeness (QED) is 0.738. The van der Waals surface area contributed by atoms with Crippen molar-refractivity contribution in [3.63, 3.8) is 0 Å². The van der Waals surface area contributed by atoms with Gasteiger partial charge in [-0.25, -0.2) is 8.42 Å². The van der Waals surface area contributed by atoms with Crippen molar-refractivity contribution in [3.05, 3.63) is 18.2 Å². The molecule has 152 valence electrons. The molecule has 3 atom stereocenters. The predicted octanol–water partition coefficient (Wildman–Crippen LogP) is 0.858. The molecule has 5 rings (SSSR count). The molecule has 1 aliphatic carbocycles. The SMILES string of the molecule is O=C([C@@H]1[C@H]2CC[C@@H](C2)N1S(=O)(=O)c1ccc2c(c1)OCCO2)N1CCOCC1. The van der Waals surface area contributed by atoms with Gasteiger partial charge < -0.3 is 19.1 Å². The van der Waals surface area contributed by atoms with Crippen LogP contribution in [-0.4, -0.2) is 75.1 Å². The van der Waals surface area contributed by atoms with Gasteiger partial charge in [-0.1, -0.05) is 0 Å². The maximum Gasteiger partial charge on any atom is 0.244 e. The number of piperidine rings is 1. The molecule has 0 aromatic heterocycles. The summed E-state index contributed by atoms with van der Waals surface area (Å²) in [6.45, 7) is 2.88. The minimum Gasteiger partial charge on any atom is -0.486 e. The first-order valence-corrected chi connectivity index (χ1v) is 11.3. The summed E-state index contributed by atoms with van der Waals surface area (Å²) in [5.74, 6) is 0.991. The first-order chi connectivity index (χ1) is 13.6. The lowest BCUT2D eigenvalue weighted by Gasteiger charge is -2.37. The van der Waals surface area contributed by atoms with Crippen LogP contribution in [0, 0.1) is 5.92 Å². The Hall–Kier alpha value is -1.84. The molecule has 1 amide bonds. The minimum atomic E-state index is -3.82. The maximum atomic E-state index is 13.5. The highest BCUT2D eigenvalue weighted by atomic mass is 32.2. The third-order valence-electron chi connectivity index (χ3n) is 6.19. The molecule has 1 aromatic carbocycles. The van der Waals surface area contributed by atoms with E-state index in [0.29, 0.717) is 51.0 Å². The molecule has 1 saturated carbocycles. The first-order valence-electron chi connectivity index (χ1n) is 9.85. The van der Waals surface area contributed by atoms with Crippen molar-refractivity contribution in [1.82, 2.24) is 9.21 Å². The van der Waals surface area contributed by atoms with E-state index >= 15 is 0 Å². The fourth-order valence-electron chi connectivity index (χ4n) is 4.88. The molecule has 1 aromatic rings. The molecule has 3 fully saturated rings. The molecule has 2 bridgehead atoms. The fraction of sp³-hybridized carbons (Fsp3) is 0.632. The average Bonchev–Trinajstić information content (AvgIpc) is 3.35. The number of nitrogens with zero attached hydrogens (tertiary/aromatic N) is 2. The second-order valence-corrected chi connectivity index (χ2v) is 9.59. The Labute approximate surface area is 164 Å². The zero-order valence-corrected chi connectivity index (χ0v) is 16.4. The molecule has 8 nitrogen and oxygen atoms in total. The van der Waals surface area contributed by atoms with E-state index in [1.165, 1.54) is 10.4 Å². The van der Waals surface area contributed by atoms with Gasteiger partial charge in [0.05, 0.1) is 18.1 Å². The topological polar surface area (TPSA) is 85.4 Å². The summed E-state index contributed by atoms with van der Waals surface area (Å²) in [7, 11) is -3.82. The summed E-state index contributed by atoms with van der Waals surface area (Å²) < 4.78 is 45.0. The van der Waals surface area contributed by atoms with Crippen LogP contribution in [-0.2, 0) is 19.6 Å². The largest absolute Gasteiger partial charge is 0.486 e. The number of benzene rings is 1. The Morgan fingerprint density at radius 2 is 1.75 bits per heavy atom. The third kappa shape index (κ3) is 2.87. The summed E-state index contributed by atoms with van der Waals surface area (Å²) in [4.78, 5) is 15.1. The Morgan fingerprint density at radius 1 is 1.00 bits per heavy atom. The van der Waals surface area contributed by atoms with Crippen LogP contribution in [0.2, 0.25) is 0 Å². The molecule has 3 aliphatic heterocycles. The van der Waals surface area contributed by atoms with Crippen molar-refractivity contribution in [2.24, 2.45) is 5.92 Å². The van der Waals surface area contributed by atoms with Crippen LogP contribution in [0.25, 0.3) is 0 Å². The summed E-state index contributed by atoms with van der Waals surface area (Å²) >= 11 is 0. The molecule has 0 spiro atoms. The summed E-state index contributed by atoms with van der Waals surface area (Å²) in [6, 6.07) is 3.97. The van der Waals surface area contributed by atoms with Gasteiger partial charge in [0.2, 0.25) is 15.9 Å². The highest BCUT2D eigenvalue weighted by molar-refractivity contribution is 7.89. The van der Waals surface area contributed by atoms with Crippen molar-refractivity contribution in [2.75, 3.05) is 39.5 Å². The molecule has 0 N–H and O–H groups in total. The van der Waals surface area contributed by atoms with Crippen molar-refractivity contribution in [3.8, 4) is 11.5 Å². The predicted molar refractivity (Wildman–Crippen MR) is 98.8 cm³/mol. The lowest BCUT2D eigenvalue weighted by molar-refractivity contribution is -0.140. The molecule has 2 saturated heterocycles. The number of hydrogen-bond acceptors (Lipinski definition) is 6. The normalized spacial score (nSPS) is 29.9. The maximum absolute atomic E-state index is 13.5. The van der Waals surface area contributed by atoms with Crippen LogP contribution in [0.15, 0.2) is 23.1 Å². The molecule has 4 aliphatic rings. The van der Waals surface area contributed by atoms with E-state index in [-0.39, 0.29) is 22.8 Å². The highest BCUT2D eigenvalue weighted by Gasteiger charge is 2.55. The van der Waals surface area contributed by atoms with Crippen LogP contribution in [0.3, 0.4) is 0 Å². The molecule has 3 heterocycles. The van der Waals surface area contributed by atoms with Gasteiger partial charge in [0.1, 0.15) is 19.3 Å². The second-order valence-electron chi connectivity index (χ2n) is 7.75. The molecule has 9 heteroatoms. The Bertz CT molecular complexity index is 882. The molecule has 28 heavy (non-hydrogen) atoms. The number of morpholine rings is 1. The molecule has 0 unspecified atom stereocenters. The number of fused-ring (bicyclic) bond motifs is 3. The standard InChI is InChI=1S/C19H24N2O6S/c22-19(20-5-7-25-8-6-20)18-13-1-2-14(11-13)21(18)28(23,24)15-3-4-16-17(12-15)27-10-9-26-16/h3-4,12-14,18H,1-2,5-11H2/t13-,14-,18-/m0/s1. The van der Waals surface area contributed by atoms with E-state index in [1.807, 2.05) is 0 Å². The first kappa shape index (κ1) is 18.2. The third-order valence-corrected chi connectivity index (χ3v) is 8.12. The van der Waals surface area contributed by atoms with E-state index in [0.717, 1.165) is 19.3 Å². The monoisotopic (exact) mass is 408 g/mol. The van der Waals surface area contributed by atoms with Crippen molar-refractivity contribution < 1.29 is 27.4 Å². The number of ether oxygens (including phenoxy) is 3. The summed E-state index contributed by atoms with van der Waals surface area (Å²) in [6.07, 6.45) is 2.46. The number of sulfonamides is 1. The van der Waals surface area contributed by atoms with Gasteiger partial charge in [0, 0.05) is 25.2 Å². The van der Waals surface area contributed by atoms with Gasteiger partial charge in [-0.3, -0.25) is 4.79 Å². The number of rotatable bonds is 3. The Morgan fingerprint density at radius 3 is 2.54 bits per heavy atom. The van der Waals surface area contributed by atoms with Gasteiger partial charge in [-0.2, -0.15) is 4.31 Å². The van der Waals surface area contributed by atoms with Gasteiger partial charge >= 0.3 is 0 Å². The van der Waals surface area contributed by atoms with Crippen LogP contribution in [0.4, 0.5) is 0 Å². The van der Waals surface area contributed by atoms with Crippen LogP contribution < -0.4 is 9.47 Å². The number of hydrogen-bond donors (Lipinski definition) is 0. The van der Waals surface area contributed by atoms with Crippen molar-refractivity contribution in [1.29, 1.82) is 0 Å². The Balaban J connectivity index is 1.48. The van der Waals surface area contributed by atoms with Gasteiger partial charge in [0.25, 0.3) is 0 Å². The zero-order chi connectivity index (χ0) is 19.3. The van der Waals surface area contributed by atoms with E-state index in [4.69, 9.17) is 14.2 Å². The van der Waals surface area contributed by atoms with Crippen LogP contribution in [0.1, 0.15) is 19.3 Å². The second kappa shape index (κ2) is 6.89. The molecule has 0 radical (unpaired) electrons. The van der Waals surface area contributed by atoms with Crippen molar-refractivity contribution >= 4 is 15.9 Å². The van der Waals surface area contributed by atoms with Gasteiger partial charge in [-0.15, -0.1) is 0 Å². The van der Waals surface area contributed by atoms with E-state index in [2.05, 4.69) is 0 Å². The van der Waals surface area contributed by atoms with E-state index in [9.17, 15) is 13.2 Å². The number of carbonyl (C=O) groups is 1. The fourth-order valence-corrected chi connectivity index (χ4v) is 6.76. The molecular weight excluding hydrogens is 384 g/mol. The number of carbonyl (C=O) groups excluding carboxylic acids is 1. The molecular formula is C19H24N2O6S. The zero-order valence-electron chi connectivity index (χ0n) is 15.6. The van der Waals surface area contributed by atoms with Gasteiger partial charge in [-0.05, 0) is 37.3 Å². The minimum absolute atomic E-state index is 0.0865. The van der Waals surface area contributed by atoms with Crippen molar-refractivity contribution in [2.45, 2.75) is 36.2 Å². The lowest BCUT2D eigenvalue weighted by Crippen LogP contribution is -2.55. The van der Waals surface area contributed by atoms with Crippen LogP contribution in [0.5, 0.6) is 11.5 Å². The lowest BCUT2D eigenvalue weighted by atomic mass is 9.98. The summed E-state index contributed by atoms with van der Waals surface area (Å²) in [5, 5.41) is 0. The van der Waals surface area contributed by atoms with Crippen LogP contribution >= 0.6 is 0 Å². The van der Waals surface area contributed by atoms with Gasteiger partial charge in [0.15, 0.2) is 11.5 Å². The van der Waals surface area contributed by atoms with E-state index < -0.39 is 16.1 Å². The number of amides is 1. The highest BCUT2D eigenvalue weighted by Crippen LogP contribution is 2.46. The average molecular weight is 408 g/mol. The summed E-state index contributed by atoms with van der Waals surface area (Å²) in [5.41, 5.74) is 0.